The fourth-order valence-electron chi connectivity index (χ4n) is 1.97. The van der Waals surface area contributed by atoms with E-state index in [1.54, 1.807) is 11.3 Å². The smallest absolute Gasteiger partial charge is 0.227 e. The van der Waals surface area contributed by atoms with Crippen molar-refractivity contribution in [2.24, 2.45) is 5.92 Å². The molecule has 0 spiro atoms. The number of aryl methyl sites for hydroxylation is 1. The summed E-state index contributed by atoms with van der Waals surface area (Å²) in [5.74, 6) is 0.412. The van der Waals surface area contributed by atoms with Crippen molar-refractivity contribution in [1.82, 2.24) is 15.2 Å². The van der Waals surface area contributed by atoms with Gasteiger partial charge in [0.25, 0.3) is 0 Å². The van der Waals surface area contributed by atoms with Gasteiger partial charge in [0.05, 0.1) is 17.5 Å². The molecule has 2 heterocycles. The maximum Gasteiger partial charge on any atom is 0.227 e. The summed E-state index contributed by atoms with van der Waals surface area (Å²) < 4.78 is 0. The van der Waals surface area contributed by atoms with Gasteiger partial charge in [-0.25, -0.2) is 4.98 Å². The van der Waals surface area contributed by atoms with E-state index in [2.05, 4.69) is 10.3 Å². The molecule has 1 atom stereocenters. The summed E-state index contributed by atoms with van der Waals surface area (Å²) in [6.45, 7) is 4.45. The van der Waals surface area contributed by atoms with E-state index >= 15 is 0 Å². The Bertz CT molecular complexity index is 380. The largest absolute Gasteiger partial charge is 0.340 e. The zero-order chi connectivity index (χ0) is 11.5. The lowest BCUT2D eigenvalue weighted by Gasteiger charge is -2.19. The third-order valence-corrected chi connectivity index (χ3v) is 3.75. The van der Waals surface area contributed by atoms with Gasteiger partial charge in [0.2, 0.25) is 5.91 Å². The molecule has 1 N–H and O–H groups in total. The number of rotatable bonds is 3. The summed E-state index contributed by atoms with van der Waals surface area (Å²) in [5, 5.41) is 4.27. The van der Waals surface area contributed by atoms with Crippen LogP contribution in [-0.4, -0.2) is 35.9 Å². The van der Waals surface area contributed by atoms with E-state index < -0.39 is 0 Å². The number of amides is 1. The van der Waals surface area contributed by atoms with Crippen LogP contribution >= 0.6 is 36.2 Å². The molecule has 1 aliphatic heterocycles. The van der Waals surface area contributed by atoms with E-state index in [0.29, 0.717) is 6.54 Å². The van der Waals surface area contributed by atoms with Crippen LogP contribution in [0, 0.1) is 12.8 Å². The van der Waals surface area contributed by atoms with E-state index in [-0.39, 0.29) is 36.6 Å². The van der Waals surface area contributed by atoms with Crippen molar-refractivity contribution < 1.29 is 4.79 Å². The van der Waals surface area contributed by atoms with E-state index in [9.17, 15) is 4.79 Å². The quantitative estimate of drug-likeness (QED) is 0.927. The maximum absolute atomic E-state index is 12.0. The molecular formula is C11H19Cl2N3OS. The van der Waals surface area contributed by atoms with Gasteiger partial charge < -0.3 is 10.2 Å². The number of carbonyl (C=O) groups is 1. The van der Waals surface area contributed by atoms with E-state index in [1.807, 2.05) is 25.1 Å². The number of carbonyl (C=O) groups excluding carboxylic acids is 1. The third kappa shape index (κ3) is 4.39. The molecule has 1 aromatic heterocycles. The molecule has 104 valence electrons. The van der Waals surface area contributed by atoms with Gasteiger partial charge in [-0.1, -0.05) is 0 Å². The highest BCUT2D eigenvalue weighted by molar-refractivity contribution is 7.11. The molecule has 0 aromatic carbocycles. The average molecular weight is 312 g/mol. The molecule has 0 radical (unpaired) electrons. The first-order valence-electron chi connectivity index (χ1n) is 5.54. The van der Waals surface area contributed by atoms with Crippen molar-refractivity contribution in [2.45, 2.75) is 19.9 Å². The minimum absolute atomic E-state index is 0. The van der Waals surface area contributed by atoms with Crippen LogP contribution < -0.4 is 5.32 Å². The molecule has 0 bridgehead atoms. The summed E-state index contributed by atoms with van der Waals surface area (Å²) in [6, 6.07) is 0. The van der Waals surface area contributed by atoms with Crippen LogP contribution in [0.2, 0.25) is 0 Å². The standard InChI is InChI=1S/C11H17N3OS.2ClH/c1-8-13-6-10(16-8)7-14(2)11(15)9-3-4-12-5-9;;/h6,9,12H,3-5,7H2,1-2H3;2*1H. The SMILES string of the molecule is Cc1ncc(CN(C)C(=O)C2CCNC2)s1.Cl.Cl. The Morgan fingerprint density at radius 1 is 1.61 bits per heavy atom. The van der Waals surface area contributed by atoms with Crippen LogP contribution in [0.15, 0.2) is 6.20 Å². The van der Waals surface area contributed by atoms with Gasteiger partial charge in [-0.3, -0.25) is 4.79 Å². The zero-order valence-electron chi connectivity index (χ0n) is 10.5. The Kier molecular flexibility index (Phi) is 7.78. The molecule has 1 unspecified atom stereocenters. The number of nitrogens with zero attached hydrogens (tertiary/aromatic N) is 2. The van der Waals surface area contributed by atoms with E-state index in [4.69, 9.17) is 0 Å². The fraction of sp³-hybridized carbons (Fsp3) is 0.636. The summed E-state index contributed by atoms with van der Waals surface area (Å²) in [4.78, 5) is 19.2. The highest BCUT2D eigenvalue weighted by Crippen LogP contribution is 2.16. The number of hydrogen-bond donors (Lipinski definition) is 1. The fourth-order valence-corrected chi connectivity index (χ4v) is 2.82. The van der Waals surface area contributed by atoms with Gasteiger partial charge in [-0.15, -0.1) is 36.2 Å². The average Bonchev–Trinajstić information content (AvgIpc) is 2.88. The van der Waals surface area contributed by atoms with E-state index in [0.717, 1.165) is 29.4 Å². The normalized spacial score (nSPS) is 17.8. The Balaban J connectivity index is 0.00000144. The molecule has 1 amide bonds. The second-order valence-electron chi connectivity index (χ2n) is 4.23. The lowest BCUT2D eigenvalue weighted by molar-refractivity contribution is -0.134. The maximum atomic E-state index is 12.0. The van der Waals surface area contributed by atoms with Gasteiger partial charge in [0, 0.05) is 24.7 Å². The van der Waals surface area contributed by atoms with Crippen molar-refractivity contribution in [3.8, 4) is 0 Å². The molecule has 0 aliphatic carbocycles. The summed E-state index contributed by atoms with van der Waals surface area (Å²) in [7, 11) is 1.87. The van der Waals surface area contributed by atoms with Gasteiger partial charge in [-0.05, 0) is 19.9 Å². The molecule has 2 rings (SSSR count). The van der Waals surface area contributed by atoms with Crippen LogP contribution in [0.3, 0.4) is 0 Å². The van der Waals surface area contributed by atoms with Gasteiger partial charge in [-0.2, -0.15) is 0 Å². The summed E-state index contributed by atoms with van der Waals surface area (Å²) >= 11 is 1.66. The van der Waals surface area contributed by atoms with Crippen molar-refractivity contribution in [3.63, 3.8) is 0 Å². The van der Waals surface area contributed by atoms with Gasteiger partial charge in [0.15, 0.2) is 0 Å². The second kappa shape index (κ2) is 7.94. The summed E-state index contributed by atoms with van der Waals surface area (Å²) in [5.41, 5.74) is 0. The topological polar surface area (TPSA) is 45.2 Å². The van der Waals surface area contributed by atoms with Gasteiger partial charge >= 0.3 is 0 Å². The molecule has 1 saturated heterocycles. The van der Waals surface area contributed by atoms with Crippen LogP contribution in [0.4, 0.5) is 0 Å². The minimum atomic E-state index is 0. The highest BCUT2D eigenvalue weighted by atomic mass is 35.5. The van der Waals surface area contributed by atoms with Gasteiger partial charge in [0.1, 0.15) is 0 Å². The van der Waals surface area contributed by atoms with E-state index in [1.165, 1.54) is 0 Å². The van der Waals surface area contributed by atoms with Crippen LogP contribution in [0.5, 0.6) is 0 Å². The Labute approximate surface area is 124 Å². The molecule has 1 aromatic rings. The molecular weight excluding hydrogens is 293 g/mol. The third-order valence-electron chi connectivity index (χ3n) is 2.85. The monoisotopic (exact) mass is 311 g/mol. The minimum Gasteiger partial charge on any atom is -0.340 e. The Hall–Kier alpha value is -0.360. The highest BCUT2D eigenvalue weighted by Gasteiger charge is 2.25. The number of thiazole rings is 1. The predicted molar refractivity (Wildman–Crippen MR) is 78.8 cm³/mol. The molecule has 18 heavy (non-hydrogen) atoms. The van der Waals surface area contributed by atoms with Crippen LogP contribution in [0.1, 0.15) is 16.3 Å². The van der Waals surface area contributed by atoms with Crippen LogP contribution in [0.25, 0.3) is 0 Å². The molecule has 1 fully saturated rings. The molecule has 1 aliphatic rings. The zero-order valence-corrected chi connectivity index (χ0v) is 13.0. The van der Waals surface area contributed by atoms with Crippen molar-refractivity contribution >= 4 is 42.1 Å². The van der Waals surface area contributed by atoms with Crippen molar-refractivity contribution in [1.29, 1.82) is 0 Å². The first-order chi connectivity index (χ1) is 7.66. The number of halogens is 2. The first-order valence-corrected chi connectivity index (χ1v) is 6.35. The number of aromatic nitrogens is 1. The Morgan fingerprint density at radius 3 is 2.83 bits per heavy atom. The first kappa shape index (κ1) is 17.6. The van der Waals surface area contributed by atoms with Crippen molar-refractivity contribution in [2.75, 3.05) is 20.1 Å². The molecule has 4 nitrogen and oxygen atoms in total. The second-order valence-corrected chi connectivity index (χ2v) is 5.55. The molecule has 0 saturated carbocycles. The Morgan fingerprint density at radius 2 is 2.33 bits per heavy atom. The van der Waals surface area contributed by atoms with Crippen LogP contribution in [-0.2, 0) is 11.3 Å². The number of nitrogens with one attached hydrogen (secondary N) is 1. The molecule has 7 heteroatoms. The summed E-state index contributed by atoms with van der Waals surface area (Å²) in [6.07, 6.45) is 2.82. The lowest BCUT2D eigenvalue weighted by atomic mass is 10.1. The lowest BCUT2D eigenvalue weighted by Crippen LogP contribution is -2.33. The predicted octanol–water partition coefficient (Wildman–Crippen LogP) is 1.86. The van der Waals surface area contributed by atoms with Crippen molar-refractivity contribution in [3.05, 3.63) is 16.1 Å². The number of hydrogen-bond acceptors (Lipinski definition) is 4.